The highest BCUT2D eigenvalue weighted by Gasteiger charge is 2.24. The number of pyridine rings is 1. The van der Waals surface area contributed by atoms with Gasteiger partial charge in [-0.3, -0.25) is 9.88 Å². The number of benzene rings is 1. The van der Waals surface area contributed by atoms with Crippen LogP contribution in [0, 0.1) is 6.92 Å². The number of aromatic hydroxyl groups is 1. The number of phenols is 1. The van der Waals surface area contributed by atoms with E-state index in [1.807, 2.05) is 38.1 Å². The number of aliphatic hydroxyl groups excluding tert-OH is 1. The fourth-order valence-electron chi connectivity index (χ4n) is 3.95. The van der Waals surface area contributed by atoms with Crippen LogP contribution in [-0.4, -0.2) is 62.1 Å². The van der Waals surface area contributed by atoms with Gasteiger partial charge in [0, 0.05) is 35.8 Å². The van der Waals surface area contributed by atoms with E-state index in [0.29, 0.717) is 22.6 Å². The Balaban J connectivity index is 1.67. The van der Waals surface area contributed by atoms with E-state index >= 15 is 0 Å². The number of aryl methyl sites for hydroxylation is 1. The lowest BCUT2D eigenvalue weighted by atomic mass is 10.0. The van der Waals surface area contributed by atoms with E-state index in [2.05, 4.69) is 25.4 Å². The van der Waals surface area contributed by atoms with Gasteiger partial charge < -0.3 is 15.5 Å². The normalized spacial score (nSPS) is 18.7. The molecular weight excluding hydrogens is 366 g/mol. The SMILES string of the molecule is Cc1ccc(-c2nnc(NC3CCCN(C(C)CO)C3)c3cccnc23)c(O)c1. The number of aliphatic hydroxyl groups is 1. The third-order valence-electron chi connectivity index (χ3n) is 5.63. The second-order valence-corrected chi connectivity index (χ2v) is 7.83. The largest absolute Gasteiger partial charge is 0.507 e. The zero-order chi connectivity index (χ0) is 20.4. The molecule has 0 bridgehead atoms. The van der Waals surface area contributed by atoms with Gasteiger partial charge in [0.25, 0.3) is 0 Å². The number of piperidine rings is 1. The molecule has 0 saturated carbocycles. The van der Waals surface area contributed by atoms with Crippen molar-refractivity contribution in [1.29, 1.82) is 0 Å². The van der Waals surface area contributed by atoms with E-state index in [-0.39, 0.29) is 24.4 Å². The minimum absolute atomic E-state index is 0.149. The van der Waals surface area contributed by atoms with Crippen molar-refractivity contribution < 1.29 is 10.2 Å². The number of hydrogen-bond donors (Lipinski definition) is 3. The van der Waals surface area contributed by atoms with Gasteiger partial charge in [0.15, 0.2) is 5.82 Å². The Kier molecular flexibility index (Phi) is 5.60. The summed E-state index contributed by atoms with van der Waals surface area (Å²) in [6.07, 6.45) is 3.84. The zero-order valence-corrected chi connectivity index (χ0v) is 16.8. The van der Waals surface area contributed by atoms with E-state index in [1.54, 1.807) is 12.3 Å². The van der Waals surface area contributed by atoms with Gasteiger partial charge in [0.05, 0.1) is 6.61 Å². The van der Waals surface area contributed by atoms with Crippen molar-refractivity contribution >= 4 is 16.7 Å². The maximum absolute atomic E-state index is 10.4. The van der Waals surface area contributed by atoms with E-state index in [1.165, 1.54) is 0 Å². The van der Waals surface area contributed by atoms with E-state index < -0.39 is 0 Å². The summed E-state index contributed by atoms with van der Waals surface area (Å²) in [6.45, 7) is 5.99. The van der Waals surface area contributed by atoms with Crippen LogP contribution in [0.15, 0.2) is 36.5 Å². The fourth-order valence-corrected chi connectivity index (χ4v) is 3.95. The van der Waals surface area contributed by atoms with Gasteiger partial charge in [-0.25, -0.2) is 0 Å². The van der Waals surface area contributed by atoms with E-state index in [9.17, 15) is 10.2 Å². The quantitative estimate of drug-likeness (QED) is 0.613. The van der Waals surface area contributed by atoms with E-state index in [4.69, 9.17) is 0 Å². The number of fused-ring (bicyclic) bond motifs is 1. The summed E-state index contributed by atoms with van der Waals surface area (Å²) >= 11 is 0. The second kappa shape index (κ2) is 8.31. The van der Waals surface area contributed by atoms with Crippen molar-refractivity contribution in [3.63, 3.8) is 0 Å². The van der Waals surface area contributed by atoms with Gasteiger partial charge in [0.1, 0.15) is 17.0 Å². The number of rotatable bonds is 5. The van der Waals surface area contributed by atoms with Crippen LogP contribution < -0.4 is 5.32 Å². The summed E-state index contributed by atoms with van der Waals surface area (Å²) in [5, 5.41) is 33.2. The summed E-state index contributed by atoms with van der Waals surface area (Å²) in [5.74, 6) is 0.875. The molecule has 7 heteroatoms. The first kappa shape index (κ1) is 19.5. The first-order valence-electron chi connectivity index (χ1n) is 10.1. The van der Waals surface area contributed by atoms with Gasteiger partial charge in [-0.15, -0.1) is 10.2 Å². The molecule has 1 fully saturated rings. The van der Waals surface area contributed by atoms with Gasteiger partial charge in [-0.05, 0) is 63.1 Å². The monoisotopic (exact) mass is 393 g/mol. The molecule has 1 saturated heterocycles. The van der Waals surface area contributed by atoms with Crippen molar-refractivity contribution in [3.8, 4) is 17.0 Å². The van der Waals surface area contributed by atoms with Crippen molar-refractivity contribution in [3.05, 3.63) is 42.1 Å². The molecule has 1 aliphatic rings. The molecule has 1 aromatic carbocycles. The molecule has 3 aromatic rings. The number of anilines is 1. The molecule has 2 aromatic heterocycles. The molecule has 0 amide bonds. The van der Waals surface area contributed by atoms with E-state index in [0.717, 1.165) is 36.9 Å². The van der Waals surface area contributed by atoms with Crippen LogP contribution in [0.1, 0.15) is 25.3 Å². The van der Waals surface area contributed by atoms with Crippen LogP contribution in [0.3, 0.4) is 0 Å². The van der Waals surface area contributed by atoms with Crippen molar-refractivity contribution in [2.24, 2.45) is 0 Å². The van der Waals surface area contributed by atoms with Crippen LogP contribution in [0.2, 0.25) is 0 Å². The molecule has 4 rings (SSSR count). The topological polar surface area (TPSA) is 94.4 Å². The van der Waals surface area contributed by atoms with Gasteiger partial charge in [0.2, 0.25) is 0 Å². The predicted molar refractivity (Wildman–Crippen MR) is 114 cm³/mol. The molecule has 2 unspecified atom stereocenters. The Morgan fingerprint density at radius 3 is 2.93 bits per heavy atom. The van der Waals surface area contributed by atoms with Crippen LogP contribution in [0.5, 0.6) is 5.75 Å². The molecule has 3 N–H and O–H groups in total. The molecule has 0 spiro atoms. The summed E-state index contributed by atoms with van der Waals surface area (Å²) < 4.78 is 0. The number of aromatic nitrogens is 3. The van der Waals surface area contributed by atoms with Gasteiger partial charge >= 0.3 is 0 Å². The maximum atomic E-state index is 10.4. The Morgan fingerprint density at radius 1 is 1.28 bits per heavy atom. The Hall–Kier alpha value is -2.77. The first-order chi connectivity index (χ1) is 14.1. The van der Waals surface area contributed by atoms with Crippen molar-refractivity contribution in [2.75, 3.05) is 25.0 Å². The highest BCUT2D eigenvalue weighted by molar-refractivity contribution is 5.98. The summed E-state index contributed by atoms with van der Waals surface area (Å²) in [7, 11) is 0. The zero-order valence-electron chi connectivity index (χ0n) is 16.8. The average molecular weight is 393 g/mol. The Morgan fingerprint density at radius 2 is 2.14 bits per heavy atom. The van der Waals surface area contributed by atoms with Crippen molar-refractivity contribution in [1.82, 2.24) is 20.1 Å². The Labute approximate surface area is 170 Å². The standard InChI is InChI=1S/C22H27N5O2/c1-14-7-8-17(19(29)11-14)21-20-18(6-3-9-23-20)22(26-25-21)24-16-5-4-10-27(12-16)15(2)13-28/h3,6-9,11,15-16,28-29H,4-5,10,12-13H2,1-2H3,(H,24,26). The number of hydrogen-bond acceptors (Lipinski definition) is 7. The molecule has 1 aliphatic heterocycles. The number of nitrogens with zero attached hydrogens (tertiary/aromatic N) is 4. The second-order valence-electron chi connectivity index (χ2n) is 7.83. The van der Waals surface area contributed by atoms with Crippen molar-refractivity contribution in [2.45, 2.75) is 38.8 Å². The molecule has 29 heavy (non-hydrogen) atoms. The highest BCUT2D eigenvalue weighted by Crippen LogP contribution is 2.34. The average Bonchev–Trinajstić information content (AvgIpc) is 2.74. The van der Waals surface area contributed by atoms with Gasteiger partial charge in [-0.1, -0.05) is 6.07 Å². The highest BCUT2D eigenvalue weighted by atomic mass is 16.3. The first-order valence-corrected chi connectivity index (χ1v) is 10.1. The lowest BCUT2D eigenvalue weighted by Gasteiger charge is -2.36. The third kappa shape index (κ3) is 4.02. The number of likely N-dealkylation sites (tertiary alicyclic amines) is 1. The third-order valence-corrected chi connectivity index (χ3v) is 5.63. The maximum Gasteiger partial charge on any atom is 0.158 e. The Bertz CT molecular complexity index is 1010. The van der Waals surface area contributed by atoms with Crippen LogP contribution in [-0.2, 0) is 0 Å². The smallest absolute Gasteiger partial charge is 0.158 e. The predicted octanol–water partition coefficient (Wildman–Crippen LogP) is 2.96. The summed E-state index contributed by atoms with van der Waals surface area (Å²) in [4.78, 5) is 6.83. The van der Waals surface area contributed by atoms with Crippen LogP contribution in [0.4, 0.5) is 5.82 Å². The summed E-state index contributed by atoms with van der Waals surface area (Å²) in [5.41, 5.74) is 2.89. The molecule has 3 heterocycles. The molecule has 0 radical (unpaired) electrons. The number of nitrogens with one attached hydrogen (secondary N) is 1. The van der Waals surface area contributed by atoms with Crippen LogP contribution >= 0.6 is 0 Å². The number of phenolic OH excluding ortho intramolecular Hbond substituents is 1. The molecule has 7 nitrogen and oxygen atoms in total. The fraction of sp³-hybridized carbons (Fsp3) is 0.409. The molecule has 0 aliphatic carbocycles. The summed E-state index contributed by atoms with van der Waals surface area (Å²) in [6, 6.07) is 9.75. The lowest BCUT2D eigenvalue weighted by molar-refractivity contribution is 0.110. The molecule has 152 valence electrons. The minimum atomic E-state index is 0.149. The molecular formula is C22H27N5O2. The molecule has 2 atom stereocenters. The van der Waals surface area contributed by atoms with Crippen LogP contribution in [0.25, 0.3) is 22.2 Å². The minimum Gasteiger partial charge on any atom is -0.507 e. The lowest BCUT2D eigenvalue weighted by Crippen LogP contribution is -2.47. The van der Waals surface area contributed by atoms with Gasteiger partial charge in [-0.2, -0.15) is 0 Å².